The number of carbonyl (C=O) groups is 2. The number of carbonyl (C=O) groups excluding carboxylic acids is 2. The first-order valence-corrected chi connectivity index (χ1v) is 7.55. The van der Waals surface area contributed by atoms with Crippen molar-refractivity contribution in [1.29, 1.82) is 0 Å². The van der Waals surface area contributed by atoms with E-state index >= 15 is 0 Å². The molecule has 0 saturated heterocycles. The summed E-state index contributed by atoms with van der Waals surface area (Å²) in [4.78, 5) is 25.4. The molecule has 2 aliphatic heterocycles. The second kappa shape index (κ2) is 6.01. The van der Waals surface area contributed by atoms with Crippen LogP contribution in [-0.4, -0.2) is 41.2 Å². The Balaban J connectivity index is 2.04. The van der Waals surface area contributed by atoms with E-state index in [4.69, 9.17) is 10.5 Å². The molecule has 1 aromatic rings. The number of phenols is 1. The summed E-state index contributed by atoms with van der Waals surface area (Å²) in [5.74, 6) is -0.738. The molecule has 1 aromatic carbocycles. The molecule has 2 heterocycles. The first kappa shape index (κ1) is 16.1. The molecule has 0 fully saturated rings. The van der Waals surface area contributed by atoms with Gasteiger partial charge in [0, 0.05) is 19.4 Å². The van der Waals surface area contributed by atoms with E-state index in [0.29, 0.717) is 23.2 Å². The Bertz CT molecular complexity index is 769. The van der Waals surface area contributed by atoms with E-state index in [1.54, 1.807) is 36.2 Å². The van der Waals surface area contributed by atoms with Gasteiger partial charge in [0.25, 0.3) is 5.91 Å². The molecule has 2 atom stereocenters. The van der Waals surface area contributed by atoms with Crippen molar-refractivity contribution in [1.82, 2.24) is 4.90 Å². The van der Waals surface area contributed by atoms with Crippen LogP contribution in [0.4, 0.5) is 5.69 Å². The Morgan fingerprint density at radius 3 is 2.92 bits per heavy atom. The van der Waals surface area contributed by atoms with Gasteiger partial charge >= 0.3 is 0 Å². The number of fused-ring (bicyclic) bond motifs is 2. The standard InChI is InChI=1S/C17H19N3O4/c1-9-3-5-11-14(15(9)22)19-16(24-2)12-7-10(4-6-13(18)21)8-20(12)17(11)23/h3-6,8,12,16,19,22H,7H2,1-2H3,(H2,18,21)/b6-4+/t12-,16?/m0/s1. The minimum Gasteiger partial charge on any atom is -0.505 e. The van der Waals surface area contributed by atoms with E-state index < -0.39 is 12.1 Å². The van der Waals surface area contributed by atoms with Gasteiger partial charge < -0.3 is 25.8 Å². The number of primary amides is 1. The molecule has 0 aliphatic carbocycles. The molecule has 126 valence electrons. The van der Waals surface area contributed by atoms with Gasteiger partial charge in [-0.15, -0.1) is 0 Å². The monoisotopic (exact) mass is 329 g/mol. The number of benzene rings is 1. The molecule has 0 spiro atoms. The second-order valence-corrected chi connectivity index (χ2v) is 5.88. The van der Waals surface area contributed by atoms with E-state index in [2.05, 4.69) is 5.32 Å². The van der Waals surface area contributed by atoms with Crippen molar-refractivity contribution in [2.45, 2.75) is 25.6 Å². The van der Waals surface area contributed by atoms with Gasteiger partial charge in [0.2, 0.25) is 5.91 Å². The van der Waals surface area contributed by atoms with E-state index in [1.165, 1.54) is 13.2 Å². The maximum Gasteiger partial charge on any atom is 0.260 e. The van der Waals surface area contributed by atoms with Gasteiger partial charge in [0.05, 0.1) is 17.3 Å². The van der Waals surface area contributed by atoms with Gasteiger partial charge in [-0.3, -0.25) is 9.59 Å². The number of methoxy groups -OCH3 is 1. The van der Waals surface area contributed by atoms with Crippen molar-refractivity contribution in [3.05, 3.63) is 47.2 Å². The summed E-state index contributed by atoms with van der Waals surface area (Å²) in [6.45, 7) is 1.77. The minimum atomic E-state index is -0.545. The zero-order valence-corrected chi connectivity index (χ0v) is 13.4. The number of nitrogens with two attached hydrogens (primary N) is 1. The number of ether oxygens (including phenoxy) is 1. The molecule has 1 unspecified atom stereocenters. The van der Waals surface area contributed by atoms with Gasteiger partial charge in [-0.2, -0.15) is 0 Å². The molecule has 3 rings (SSSR count). The van der Waals surface area contributed by atoms with Crippen molar-refractivity contribution in [2.24, 2.45) is 5.73 Å². The van der Waals surface area contributed by atoms with Crippen LogP contribution in [0, 0.1) is 6.92 Å². The van der Waals surface area contributed by atoms with Crippen molar-refractivity contribution < 1.29 is 19.4 Å². The third kappa shape index (κ3) is 2.63. The number of amides is 2. The molecule has 7 nitrogen and oxygen atoms in total. The summed E-state index contributed by atoms with van der Waals surface area (Å²) in [5, 5.41) is 13.4. The maximum atomic E-state index is 12.9. The number of phenolic OH excluding ortho intramolecular Hbond substituents is 1. The Hall–Kier alpha value is -2.80. The van der Waals surface area contributed by atoms with Crippen LogP contribution >= 0.6 is 0 Å². The van der Waals surface area contributed by atoms with E-state index in [0.717, 1.165) is 5.57 Å². The molecule has 0 aromatic heterocycles. The number of hydrogen-bond donors (Lipinski definition) is 3. The van der Waals surface area contributed by atoms with Gasteiger partial charge in [-0.05, 0) is 30.5 Å². The Morgan fingerprint density at radius 2 is 2.25 bits per heavy atom. The number of hydrogen-bond acceptors (Lipinski definition) is 5. The van der Waals surface area contributed by atoms with Crippen LogP contribution in [0.5, 0.6) is 5.75 Å². The molecule has 2 amide bonds. The molecule has 0 radical (unpaired) electrons. The van der Waals surface area contributed by atoms with E-state index in [-0.39, 0.29) is 17.7 Å². The van der Waals surface area contributed by atoms with Crippen LogP contribution in [0.25, 0.3) is 0 Å². The summed E-state index contributed by atoms with van der Waals surface area (Å²) in [6, 6.07) is 3.09. The number of anilines is 1. The zero-order chi connectivity index (χ0) is 17.4. The van der Waals surface area contributed by atoms with Crippen LogP contribution < -0.4 is 11.1 Å². The molecule has 4 N–H and O–H groups in total. The van der Waals surface area contributed by atoms with Crippen molar-refractivity contribution in [3.63, 3.8) is 0 Å². The zero-order valence-electron chi connectivity index (χ0n) is 13.4. The number of nitrogens with one attached hydrogen (secondary N) is 1. The first-order chi connectivity index (χ1) is 11.4. The number of rotatable bonds is 3. The number of aromatic hydroxyl groups is 1. The fourth-order valence-electron chi connectivity index (χ4n) is 3.04. The maximum absolute atomic E-state index is 12.9. The number of aryl methyl sites for hydroxylation is 1. The lowest BCUT2D eigenvalue weighted by atomic mass is 10.1. The van der Waals surface area contributed by atoms with Crippen molar-refractivity contribution in [2.75, 3.05) is 12.4 Å². The fraction of sp³-hybridized carbons (Fsp3) is 0.294. The molecular weight excluding hydrogens is 310 g/mol. The van der Waals surface area contributed by atoms with Crippen LogP contribution in [-0.2, 0) is 9.53 Å². The fourth-order valence-corrected chi connectivity index (χ4v) is 3.04. The average molecular weight is 329 g/mol. The molecule has 24 heavy (non-hydrogen) atoms. The van der Waals surface area contributed by atoms with Gasteiger partial charge in [-0.25, -0.2) is 0 Å². The lowest BCUT2D eigenvalue weighted by Crippen LogP contribution is -2.43. The summed E-state index contributed by atoms with van der Waals surface area (Å²) in [6.07, 6.45) is 4.56. The molecule has 2 aliphatic rings. The Morgan fingerprint density at radius 1 is 1.50 bits per heavy atom. The second-order valence-electron chi connectivity index (χ2n) is 5.88. The van der Waals surface area contributed by atoms with Crippen LogP contribution in [0.3, 0.4) is 0 Å². The van der Waals surface area contributed by atoms with Gasteiger partial charge in [0.1, 0.15) is 12.0 Å². The SMILES string of the molecule is COC1Nc2c(ccc(C)c2O)C(=O)N2C=C(/C=C/C(N)=O)C[C@@H]12. The van der Waals surface area contributed by atoms with E-state index in [9.17, 15) is 14.7 Å². The van der Waals surface area contributed by atoms with Crippen LogP contribution in [0.1, 0.15) is 22.3 Å². The first-order valence-electron chi connectivity index (χ1n) is 7.55. The third-order valence-corrected chi connectivity index (χ3v) is 4.30. The summed E-state index contributed by atoms with van der Waals surface area (Å²) in [5.41, 5.74) is 7.35. The molecule has 0 saturated carbocycles. The predicted molar refractivity (Wildman–Crippen MR) is 88.3 cm³/mol. The lowest BCUT2D eigenvalue weighted by Gasteiger charge is -2.27. The largest absolute Gasteiger partial charge is 0.505 e. The van der Waals surface area contributed by atoms with E-state index in [1.807, 2.05) is 0 Å². The highest BCUT2D eigenvalue weighted by Gasteiger charge is 2.40. The normalized spacial score (nSPS) is 22.7. The summed E-state index contributed by atoms with van der Waals surface area (Å²) in [7, 11) is 1.54. The molecular formula is C17H19N3O4. The minimum absolute atomic E-state index is 0.0434. The summed E-state index contributed by atoms with van der Waals surface area (Å²) < 4.78 is 5.49. The quantitative estimate of drug-likeness (QED) is 0.571. The summed E-state index contributed by atoms with van der Waals surface area (Å²) >= 11 is 0. The average Bonchev–Trinajstić information content (AvgIpc) is 2.93. The van der Waals surface area contributed by atoms with Crippen molar-refractivity contribution >= 4 is 17.5 Å². The predicted octanol–water partition coefficient (Wildman–Crippen LogP) is 1.24. The van der Waals surface area contributed by atoms with Crippen LogP contribution in [0.15, 0.2) is 36.1 Å². The van der Waals surface area contributed by atoms with Crippen LogP contribution in [0.2, 0.25) is 0 Å². The molecule has 7 heteroatoms. The van der Waals surface area contributed by atoms with Gasteiger partial charge in [0.15, 0.2) is 0 Å². The lowest BCUT2D eigenvalue weighted by molar-refractivity contribution is -0.113. The molecule has 0 bridgehead atoms. The smallest absolute Gasteiger partial charge is 0.260 e. The Kier molecular flexibility index (Phi) is 4.02. The highest BCUT2D eigenvalue weighted by molar-refractivity contribution is 6.03. The topological polar surface area (TPSA) is 105 Å². The van der Waals surface area contributed by atoms with Gasteiger partial charge in [-0.1, -0.05) is 12.1 Å². The van der Waals surface area contributed by atoms with Crippen molar-refractivity contribution in [3.8, 4) is 5.75 Å². The third-order valence-electron chi connectivity index (χ3n) is 4.30. The number of nitrogens with zero attached hydrogens (tertiary/aromatic N) is 1. The Labute approximate surface area is 139 Å². The number of allylic oxidation sites excluding steroid dienone is 1. The highest BCUT2D eigenvalue weighted by atomic mass is 16.5. The highest BCUT2D eigenvalue weighted by Crippen LogP contribution is 2.38.